The molecule has 0 saturated carbocycles. The Bertz CT molecular complexity index is 590. The third-order valence-electron chi connectivity index (χ3n) is 4.04. The van der Waals surface area contributed by atoms with Crippen molar-refractivity contribution < 1.29 is 14.4 Å². The van der Waals surface area contributed by atoms with Crippen molar-refractivity contribution in [3.8, 4) is 0 Å². The standard InChI is InChI=1S/C16H20N2O3/c1-5-16(3,4)18-14(20)12(13(19)17-15(18)21)11-8-6-10(2)7-9-11/h6-9,12H,5H2,1-4H3,(H,17,19,21). The molecule has 5 heteroatoms. The number of aryl methyl sites for hydroxylation is 1. The van der Waals surface area contributed by atoms with E-state index < -0.39 is 29.3 Å². The second-order valence-corrected chi connectivity index (χ2v) is 5.98. The van der Waals surface area contributed by atoms with E-state index in [1.165, 1.54) is 4.90 Å². The molecule has 2 rings (SSSR count). The van der Waals surface area contributed by atoms with Crippen LogP contribution in [-0.4, -0.2) is 28.3 Å². The third-order valence-corrected chi connectivity index (χ3v) is 4.04. The molecule has 5 nitrogen and oxygen atoms in total. The highest BCUT2D eigenvalue weighted by molar-refractivity contribution is 6.19. The first-order valence-electron chi connectivity index (χ1n) is 7.03. The number of benzene rings is 1. The van der Waals surface area contributed by atoms with Crippen molar-refractivity contribution in [2.75, 3.05) is 0 Å². The van der Waals surface area contributed by atoms with E-state index >= 15 is 0 Å². The summed E-state index contributed by atoms with van der Waals surface area (Å²) < 4.78 is 0. The zero-order valence-electron chi connectivity index (χ0n) is 12.8. The lowest BCUT2D eigenvalue weighted by Crippen LogP contribution is -2.63. The Labute approximate surface area is 124 Å². The van der Waals surface area contributed by atoms with Crippen LogP contribution in [0.1, 0.15) is 44.2 Å². The largest absolute Gasteiger partial charge is 0.331 e. The van der Waals surface area contributed by atoms with Gasteiger partial charge in [-0.1, -0.05) is 36.8 Å². The fourth-order valence-electron chi connectivity index (χ4n) is 2.36. The highest BCUT2D eigenvalue weighted by atomic mass is 16.2. The smallest absolute Gasteiger partial charge is 0.277 e. The van der Waals surface area contributed by atoms with Crippen molar-refractivity contribution in [1.29, 1.82) is 0 Å². The highest BCUT2D eigenvalue weighted by Gasteiger charge is 2.46. The Morgan fingerprint density at radius 2 is 1.71 bits per heavy atom. The summed E-state index contributed by atoms with van der Waals surface area (Å²) >= 11 is 0. The summed E-state index contributed by atoms with van der Waals surface area (Å²) in [7, 11) is 0. The summed E-state index contributed by atoms with van der Waals surface area (Å²) in [6, 6.07) is 6.57. The number of carbonyl (C=O) groups excluding carboxylic acids is 3. The molecular formula is C16H20N2O3. The number of amides is 4. The topological polar surface area (TPSA) is 66.5 Å². The van der Waals surface area contributed by atoms with Crippen LogP contribution >= 0.6 is 0 Å². The summed E-state index contributed by atoms with van der Waals surface area (Å²) in [6.45, 7) is 7.46. The summed E-state index contributed by atoms with van der Waals surface area (Å²) in [6.07, 6.45) is 0.612. The van der Waals surface area contributed by atoms with Gasteiger partial charge in [0.1, 0.15) is 5.92 Å². The van der Waals surface area contributed by atoms with Gasteiger partial charge in [-0.05, 0) is 32.8 Å². The van der Waals surface area contributed by atoms with Crippen LogP contribution in [0.25, 0.3) is 0 Å². The fraction of sp³-hybridized carbons (Fsp3) is 0.438. The quantitative estimate of drug-likeness (QED) is 0.868. The van der Waals surface area contributed by atoms with Gasteiger partial charge in [0, 0.05) is 5.54 Å². The minimum absolute atomic E-state index is 0.459. The van der Waals surface area contributed by atoms with E-state index in [1.807, 2.05) is 39.8 Å². The molecule has 1 N–H and O–H groups in total. The monoisotopic (exact) mass is 288 g/mol. The number of rotatable bonds is 3. The Hall–Kier alpha value is -2.17. The second kappa shape index (κ2) is 5.31. The number of hydrogen-bond acceptors (Lipinski definition) is 3. The van der Waals surface area contributed by atoms with Crippen molar-refractivity contribution >= 4 is 17.8 Å². The zero-order valence-corrected chi connectivity index (χ0v) is 12.8. The molecule has 0 bridgehead atoms. The molecule has 1 unspecified atom stereocenters. The zero-order chi connectivity index (χ0) is 15.8. The molecule has 1 aliphatic heterocycles. The Balaban J connectivity index is 2.42. The van der Waals surface area contributed by atoms with E-state index in [1.54, 1.807) is 12.1 Å². The van der Waals surface area contributed by atoms with Gasteiger partial charge in [0.25, 0.3) is 0 Å². The van der Waals surface area contributed by atoms with E-state index in [0.717, 1.165) is 5.56 Å². The SMILES string of the molecule is CCC(C)(C)N1C(=O)NC(=O)C(c2ccc(C)cc2)C1=O. The molecule has 4 amide bonds. The van der Waals surface area contributed by atoms with Crippen LogP contribution in [0.15, 0.2) is 24.3 Å². The minimum Gasteiger partial charge on any atom is -0.277 e. The Morgan fingerprint density at radius 3 is 2.24 bits per heavy atom. The van der Waals surface area contributed by atoms with Gasteiger partial charge in [0.15, 0.2) is 0 Å². The molecule has 0 radical (unpaired) electrons. The lowest BCUT2D eigenvalue weighted by molar-refractivity contribution is -0.142. The van der Waals surface area contributed by atoms with Crippen LogP contribution < -0.4 is 5.32 Å². The van der Waals surface area contributed by atoms with Gasteiger partial charge >= 0.3 is 6.03 Å². The molecule has 0 aromatic heterocycles. The molecule has 1 atom stereocenters. The average Bonchev–Trinajstić information content (AvgIpc) is 2.40. The molecule has 1 aromatic rings. The lowest BCUT2D eigenvalue weighted by atomic mass is 9.90. The lowest BCUT2D eigenvalue weighted by Gasteiger charge is -2.40. The molecule has 21 heavy (non-hydrogen) atoms. The van der Waals surface area contributed by atoms with Crippen LogP contribution in [0.3, 0.4) is 0 Å². The molecule has 1 aliphatic rings. The first-order valence-corrected chi connectivity index (χ1v) is 7.03. The maximum Gasteiger partial charge on any atom is 0.331 e. The summed E-state index contributed by atoms with van der Waals surface area (Å²) in [5, 5.41) is 2.29. The number of urea groups is 1. The van der Waals surface area contributed by atoms with Gasteiger partial charge in [0.2, 0.25) is 11.8 Å². The van der Waals surface area contributed by atoms with E-state index in [0.29, 0.717) is 12.0 Å². The minimum atomic E-state index is -0.964. The number of carbonyl (C=O) groups is 3. The van der Waals surface area contributed by atoms with Gasteiger partial charge in [0.05, 0.1) is 0 Å². The van der Waals surface area contributed by atoms with E-state index in [9.17, 15) is 14.4 Å². The van der Waals surface area contributed by atoms with Crippen molar-refractivity contribution in [1.82, 2.24) is 10.2 Å². The summed E-state index contributed by atoms with van der Waals surface area (Å²) in [5.74, 6) is -1.98. The number of nitrogens with zero attached hydrogens (tertiary/aromatic N) is 1. The molecule has 0 spiro atoms. The van der Waals surface area contributed by atoms with E-state index in [2.05, 4.69) is 5.32 Å². The fourth-order valence-corrected chi connectivity index (χ4v) is 2.36. The third kappa shape index (κ3) is 2.68. The molecule has 112 valence electrons. The predicted octanol–water partition coefficient (Wildman–Crippen LogP) is 2.35. The Morgan fingerprint density at radius 1 is 1.14 bits per heavy atom. The van der Waals surface area contributed by atoms with Crippen LogP contribution in [0, 0.1) is 6.92 Å². The maximum absolute atomic E-state index is 12.7. The van der Waals surface area contributed by atoms with Gasteiger partial charge in [-0.25, -0.2) is 4.79 Å². The van der Waals surface area contributed by atoms with E-state index in [-0.39, 0.29) is 0 Å². The van der Waals surface area contributed by atoms with Crippen LogP contribution in [0.4, 0.5) is 4.79 Å². The molecule has 1 aromatic carbocycles. The highest BCUT2D eigenvalue weighted by Crippen LogP contribution is 2.29. The first kappa shape index (κ1) is 15.2. The Kier molecular flexibility index (Phi) is 3.85. The van der Waals surface area contributed by atoms with Crippen molar-refractivity contribution in [3.05, 3.63) is 35.4 Å². The van der Waals surface area contributed by atoms with Crippen molar-refractivity contribution in [3.63, 3.8) is 0 Å². The van der Waals surface area contributed by atoms with E-state index in [4.69, 9.17) is 0 Å². The van der Waals surface area contributed by atoms with Gasteiger partial charge < -0.3 is 0 Å². The molecular weight excluding hydrogens is 268 g/mol. The molecule has 1 fully saturated rings. The number of nitrogens with one attached hydrogen (secondary N) is 1. The van der Waals surface area contributed by atoms with Crippen molar-refractivity contribution in [2.45, 2.75) is 45.6 Å². The normalized spacial score (nSPS) is 19.7. The second-order valence-electron chi connectivity index (χ2n) is 5.98. The number of hydrogen-bond donors (Lipinski definition) is 1. The van der Waals surface area contributed by atoms with Gasteiger partial charge in [-0.2, -0.15) is 0 Å². The summed E-state index contributed by atoms with van der Waals surface area (Å²) in [5.41, 5.74) is 1.02. The van der Waals surface area contributed by atoms with Gasteiger partial charge in [-0.15, -0.1) is 0 Å². The molecule has 0 aliphatic carbocycles. The average molecular weight is 288 g/mol. The van der Waals surface area contributed by atoms with Crippen LogP contribution in [0.2, 0.25) is 0 Å². The van der Waals surface area contributed by atoms with Crippen molar-refractivity contribution in [2.24, 2.45) is 0 Å². The molecule has 1 heterocycles. The maximum atomic E-state index is 12.7. The molecule has 1 saturated heterocycles. The van der Waals surface area contributed by atoms with Crippen LogP contribution in [-0.2, 0) is 9.59 Å². The first-order chi connectivity index (χ1) is 9.77. The number of barbiturate groups is 1. The van der Waals surface area contributed by atoms with Gasteiger partial charge in [-0.3, -0.25) is 19.8 Å². The summed E-state index contributed by atoms with van der Waals surface area (Å²) in [4.78, 5) is 38.0. The predicted molar refractivity (Wildman–Crippen MR) is 78.7 cm³/mol. The number of imide groups is 2. The van der Waals surface area contributed by atoms with Crippen LogP contribution in [0.5, 0.6) is 0 Å².